The van der Waals surface area contributed by atoms with Gasteiger partial charge < -0.3 is 20.5 Å². The topological polar surface area (TPSA) is 113 Å². The van der Waals surface area contributed by atoms with Crippen molar-refractivity contribution in [2.24, 2.45) is 5.73 Å². The van der Waals surface area contributed by atoms with Crippen molar-refractivity contribution in [1.82, 2.24) is 4.90 Å². The third kappa shape index (κ3) is 2.57. The van der Waals surface area contributed by atoms with E-state index in [-0.39, 0.29) is 25.3 Å². The molecule has 1 unspecified atom stereocenters. The van der Waals surface area contributed by atoms with Crippen LogP contribution in [0, 0.1) is 0 Å². The zero-order valence-electron chi connectivity index (χ0n) is 14.3. The maximum absolute atomic E-state index is 13.1. The van der Waals surface area contributed by atoms with E-state index in [4.69, 9.17) is 10.5 Å². The Labute approximate surface area is 154 Å². The third-order valence-corrected chi connectivity index (χ3v) is 4.91. The summed E-state index contributed by atoms with van der Waals surface area (Å²) in [5, 5.41) is 9.33. The highest BCUT2D eigenvalue weighted by Gasteiger charge is 2.55. The number of amides is 3. The second-order valence-corrected chi connectivity index (χ2v) is 6.61. The molecule has 3 amide bonds. The van der Waals surface area contributed by atoms with Crippen molar-refractivity contribution in [2.75, 3.05) is 24.6 Å². The van der Waals surface area contributed by atoms with Gasteiger partial charge in [0.25, 0.3) is 0 Å². The number of ether oxygens (including phenoxy) is 1. The van der Waals surface area contributed by atoms with Crippen molar-refractivity contribution in [3.05, 3.63) is 59.7 Å². The zero-order valence-corrected chi connectivity index (χ0v) is 14.3. The Bertz CT molecular complexity index is 946. The Kier molecular flexibility index (Phi) is 3.76. The number of hydrogen-bond donors (Lipinski definition) is 2. The molecule has 27 heavy (non-hydrogen) atoms. The summed E-state index contributed by atoms with van der Waals surface area (Å²) in [6.07, 6.45) is 0. The van der Waals surface area contributed by atoms with E-state index >= 15 is 0 Å². The monoisotopic (exact) mass is 367 g/mol. The molecular formula is C19H17N3O5. The van der Waals surface area contributed by atoms with Crippen molar-refractivity contribution in [1.29, 1.82) is 0 Å². The van der Waals surface area contributed by atoms with Gasteiger partial charge in [0.05, 0.1) is 17.8 Å². The van der Waals surface area contributed by atoms with Gasteiger partial charge in [-0.2, -0.15) is 0 Å². The van der Waals surface area contributed by atoms with Gasteiger partial charge in [-0.25, -0.2) is 9.59 Å². The number of benzene rings is 2. The molecule has 3 N–H and O–H groups in total. The predicted octanol–water partition coefficient (Wildman–Crippen LogP) is 1.40. The lowest BCUT2D eigenvalue weighted by molar-refractivity contribution is -0.118. The summed E-state index contributed by atoms with van der Waals surface area (Å²) in [7, 11) is 0. The standard InChI is InChI=1S/C19H17N3O5/c20-16(23)9-21-10-19(13-4-2-1-3-5-13)11-27-15-7-6-12(17(24)25)8-14(15)22(19)18(21)26/h1-8H,9-11H2,(H2,20,23)(H,24,25). The number of carboxylic acid groups (broad SMARTS) is 1. The van der Waals surface area contributed by atoms with Gasteiger partial charge in [-0.05, 0) is 23.8 Å². The lowest BCUT2D eigenvalue weighted by Gasteiger charge is -2.41. The van der Waals surface area contributed by atoms with E-state index in [2.05, 4.69) is 0 Å². The van der Waals surface area contributed by atoms with Crippen LogP contribution in [0.15, 0.2) is 48.5 Å². The fraction of sp³-hybridized carbons (Fsp3) is 0.211. The van der Waals surface area contributed by atoms with Crippen molar-refractivity contribution in [2.45, 2.75) is 5.54 Å². The molecule has 4 rings (SSSR count). The highest BCUT2D eigenvalue weighted by Crippen LogP contribution is 2.47. The number of nitrogens with two attached hydrogens (primary N) is 1. The number of carbonyl (C=O) groups is 3. The Balaban J connectivity index is 1.89. The Morgan fingerprint density at radius 3 is 2.59 bits per heavy atom. The molecule has 138 valence electrons. The molecule has 0 spiro atoms. The summed E-state index contributed by atoms with van der Waals surface area (Å²) in [6.45, 7) is 0.158. The minimum absolute atomic E-state index is 0.0439. The number of fused-ring (bicyclic) bond motifs is 3. The van der Waals surface area contributed by atoms with Crippen LogP contribution in [-0.2, 0) is 10.3 Å². The second kappa shape index (κ2) is 6.01. The number of carboxylic acids is 1. The van der Waals surface area contributed by atoms with Gasteiger partial charge in [-0.15, -0.1) is 0 Å². The number of urea groups is 1. The van der Waals surface area contributed by atoms with Crippen molar-refractivity contribution in [3.63, 3.8) is 0 Å². The highest BCUT2D eigenvalue weighted by atomic mass is 16.5. The summed E-state index contributed by atoms with van der Waals surface area (Å²) in [4.78, 5) is 38.9. The number of anilines is 1. The number of rotatable bonds is 4. The quantitative estimate of drug-likeness (QED) is 0.848. The molecular weight excluding hydrogens is 350 g/mol. The van der Waals surface area contributed by atoms with Crippen LogP contribution in [0.25, 0.3) is 0 Å². The van der Waals surface area contributed by atoms with Gasteiger partial charge in [0.15, 0.2) is 0 Å². The molecule has 0 bridgehead atoms. The second-order valence-electron chi connectivity index (χ2n) is 6.61. The van der Waals surface area contributed by atoms with E-state index in [1.165, 1.54) is 28.0 Å². The predicted molar refractivity (Wildman–Crippen MR) is 95.7 cm³/mol. The number of nitrogens with zero attached hydrogens (tertiary/aromatic N) is 2. The highest BCUT2D eigenvalue weighted by molar-refractivity contribution is 6.01. The Hall–Kier alpha value is -3.55. The van der Waals surface area contributed by atoms with Crippen molar-refractivity contribution < 1.29 is 24.2 Å². The SMILES string of the molecule is NC(=O)CN1CC2(c3ccccc3)COc3ccc(C(=O)O)cc3N2C1=O. The molecule has 2 heterocycles. The molecule has 2 aromatic carbocycles. The normalized spacial score (nSPS) is 20.7. The first-order valence-corrected chi connectivity index (χ1v) is 8.35. The number of hydrogen-bond acceptors (Lipinski definition) is 4. The first kappa shape index (κ1) is 16.9. The Morgan fingerprint density at radius 2 is 1.93 bits per heavy atom. The molecule has 2 aliphatic rings. The number of aromatic carboxylic acids is 1. The summed E-state index contributed by atoms with van der Waals surface area (Å²) in [6, 6.07) is 13.3. The summed E-state index contributed by atoms with van der Waals surface area (Å²) >= 11 is 0. The molecule has 8 heteroatoms. The van der Waals surface area contributed by atoms with Crippen LogP contribution in [0.1, 0.15) is 15.9 Å². The lowest BCUT2D eigenvalue weighted by Crippen LogP contribution is -2.52. The molecule has 1 saturated heterocycles. The average molecular weight is 367 g/mol. The van der Waals surface area contributed by atoms with Gasteiger partial charge in [0.2, 0.25) is 5.91 Å². The summed E-state index contributed by atoms with van der Waals surface area (Å²) in [5.41, 5.74) is 5.66. The fourth-order valence-corrected chi connectivity index (χ4v) is 3.73. The average Bonchev–Trinajstić information content (AvgIpc) is 2.94. The van der Waals surface area contributed by atoms with E-state index in [9.17, 15) is 19.5 Å². The van der Waals surface area contributed by atoms with Gasteiger partial charge in [0.1, 0.15) is 24.4 Å². The van der Waals surface area contributed by atoms with Crippen LogP contribution in [0.4, 0.5) is 10.5 Å². The maximum Gasteiger partial charge on any atom is 0.335 e. The third-order valence-electron chi connectivity index (χ3n) is 4.91. The molecule has 2 aromatic rings. The van der Waals surface area contributed by atoms with Gasteiger partial charge in [0, 0.05) is 0 Å². The first-order valence-electron chi connectivity index (χ1n) is 8.35. The number of carbonyl (C=O) groups excluding carboxylic acids is 2. The summed E-state index contributed by atoms with van der Waals surface area (Å²) in [5.74, 6) is -1.30. The lowest BCUT2D eigenvalue weighted by atomic mass is 9.88. The van der Waals surface area contributed by atoms with Crippen LogP contribution < -0.4 is 15.4 Å². The molecule has 2 aliphatic heterocycles. The zero-order chi connectivity index (χ0) is 19.2. The van der Waals surface area contributed by atoms with Crippen molar-refractivity contribution >= 4 is 23.6 Å². The van der Waals surface area contributed by atoms with E-state index in [1.807, 2.05) is 30.3 Å². The van der Waals surface area contributed by atoms with Crippen molar-refractivity contribution in [3.8, 4) is 5.75 Å². The molecule has 0 aliphatic carbocycles. The molecule has 0 aromatic heterocycles. The molecule has 8 nitrogen and oxygen atoms in total. The van der Waals surface area contributed by atoms with E-state index < -0.39 is 23.4 Å². The minimum atomic E-state index is -1.10. The largest absolute Gasteiger partial charge is 0.488 e. The van der Waals surface area contributed by atoms with E-state index in [0.29, 0.717) is 11.4 Å². The molecule has 0 radical (unpaired) electrons. The van der Waals surface area contributed by atoms with Crippen LogP contribution in [0.3, 0.4) is 0 Å². The maximum atomic E-state index is 13.1. The van der Waals surface area contributed by atoms with E-state index in [0.717, 1.165) is 5.56 Å². The first-order chi connectivity index (χ1) is 12.9. The number of primary amides is 1. The van der Waals surface area contributed by atoms with E-state index in [1.54, 1.807) is 0 Å². The minimum Gasteiger partial charge on any atom is -0.488 e. The van der Waals surface area contributed by atoms with Crippen LogP contribution in [0.2, 0.25) is 0 Å². The van der Waals surface area contributed by atoms with Crippen LogP contribution >= 0.6 is 0 Å². The summed E-state index contributed by atoms with van der Waals surface area (Å²) < 4.78 is 5.90. The molecule has 0 saturated carbocycles. The van der Waals surface area contributed by atoms with Gasteiger partial charge in [-0.1, -0.05) is 30.3 Å². The Morgan fingerprint density at radius 1 is 1.19 bits per heavy atom. The molecule has 1 fully saturated rings. The fourth-order valence-electron chi connectivity index (χ4n) is 3.73. The van der Waals surface area contributed by atoms with Gasteiger partial charge >= 0.3 is 12.0 Å². The smallest absolute Gasteiger partial charge is 0.335 e. The van der Waals surface area contributed by atoms with Gasteiger partial charge in [-0.3, -0.25) is 9.69 Å². The van der Waals surface area contributed by atoms with Crippen LogP contribution in [-0.4, -0.2) is 47.6 Å². The molecule has 1 atom stereocenters. The van der Waals surface area contributed by atoms with Crippen LogP contribution in [0.5, 0.6) is 5.75 Å².